The van der Waals surface area contributed by atoms with Crippen LogP contribution in [0, 0.1) is 0 Å². The Labute approximate surface area is 635 Å². The number of nitrogens with zero attached hydrogens (tertiary/aromatic N) is 9. The van der Waals surface area contributed by atoms with E-state index in [1.807, 2.05) is 6.92 Å². The van der Waals surface area contributed by atoms with E-state index in [0.29, 0.717) is 106 Å². The van der Waals surface area contributed by atoms with Crippen LogP contribution < -0.4 is 64.6 Å². The van der Waals surface area contributed by atoms with Crippen LogP contribution in [-0.2, 0) is 47.9 Å². The molecule has 0 saturated carbocycles. The van der Waals surface area contributed by atoms with Crippen LogP contribution >= 0.6 is 64.8 Å². The van der Waals surface area contributed by atoms with Gasteiger partial charge in [-0.1, -0.05) is 120 Å². The number of aromatic nitrogens is 2. The van der Waals surface area contributed by atoms with Crippen molar-refractivity contribution in [1.29, 1.82) is 0 Å². The number of carboxylic acids is 1. The Hall–Kier alpha value is -8.47. The van der Waals surface area contributed by atoms with Gasteiger partial charge in [-0.2, -0.15) is 35.7 Å². The van der Waals surface area contributed by atoms with Crippen LogP contribution in [0.4, 0.5) is 11.6 Å². The van der Waals surface area contributed by atoms with Crippen molar-refractivity contribution >= 4 is 191 Å². The van der Waals surface area contributed by atoms with Gasteiger partial charge >= 0.3 is 5.97 Å². The van der Waals surface area contributed by atoms with E-state index < -0.39 is 36.0 Å². The van der Waals surface area contributed by atoms with Crippen molar-refractivity contribution in [2.24, 2.45) is 35.7 Å². The van der Waals surface area contributed by atoms with Crippen LogP contribution in [0.5, 0.6) is 0 Å². The molecule has 1 atom stereocenters. The normalized spacial score (nSPS) is 11.5. The first-order valence-electron chi connectivity index (χ1n) is 34.8. The Kier molecular flexibility index (Phi) is 65.7. The fraction of sp³-hybridized carbons (Fsp3) is 0.540. The molecule has 2 aromatic heterocycles. The van der Waals surface area contributed by atoms with E-state index in [2.05, 4.69) is 110 Å². The van der Waals surface area contributed by atoms with Gasteiger partial charge in [0.2, 0.25) is 41.4 Å². The third kappa shape index (κ3) is 67.8. The predicted octanol–water partition coefficient (Wildman–Crippen LogP) is 6.92. The number of nitrogens with one attached hydrogen (secondary N) is 12. The van der Waals surface area contributed by atoms with Crippen molar-refractivity contribution < 1.29 is 69.5 Å². The number of carbonyl (C=O) groups excluding carboxylic acids is 11. The first-order valence-corrected chi connectivity index (χ1v) is 39.0. The lowest BCUT2D eigenvalue weighted by Gasteiger charge is -2.13. The van der Waals surface area contributed by atoms with Gasteiger partial charge < -0.3 is 31.7 Å². The fourth-order valence-electron chi connectivity index (χ4n) is 5.71. The zero-order valence-corrected chi connectivity index (χ0v) is 62.9. The molecule has 576 valence electrons. The van der Waals surface area contributed by atoms with Gasteiger partial charge in [0.1, 0.15) is 25.3 Å². The number of carboxylic acid groups (broad SMARTS) is 1. The number of hydrogen-bond acceptors (Lipinski definition) is 29. The van der Waals surface area contributed by atoms with Crippen LogP contribution in [0.15, 0.2) is 72.4 Å². The highest BCUT2D eigenvalue weighted by Crippen LogP contribution is 2.22. The summed E-state index contributed by atoms with van der Waals surface area (Å²) < 4.78 is 34.2. The number of carbonyl (C=O) groups is 12. The Morgan fingerprint density at radius 2 is 0.981 bits per heavy atom. The molecule has 2 aromatic rings. The number of unbranched alkanes of at least 4 members (excludes halogenated alkanes) is 2. The molecular formula is C63H105N21O13S6. The fourth-order valence-corrected chi connectivity index (χ4v) is 11.3. The number of amides is 10. The lowest BCUT2D eigenvalue weighted by molar-refractivity contribution is -0.142. The highest BCUT2D eigenvalue weighted by atomic mass is 33.1. The maximum atomic E-state index is 12.0. The van der Waals surface area contributed by atoms with Crippen molar-refractivity contribution in [2.45, 2.75) is 159 Å². The second-order valence-electron chi connectivity index (χ2n) is 18.7. The second kappa shape index (κ2) is 74.7. The molecule has 0 fully saturated rings. The summed E-state index contributed by atoms with van der Waals surface area (Å²) in [5, 5.41) is 47.8. The third-order valence-electron chi connectivity index (χ3n) is 10.5. The molecule has 40 heteroatoms. The molecule has 0 saturated heterocycles. The van der Waals surface area contributed by atoms with Crippen molar-refractivity contribution in [2.75, 3.05) is 71.5 Å². The molecular weight excluding hydrogens is 1450 g/mol. The Morgan fingerprint density at radius 3 is 1.47 bits per heavy atom. The monoisotopic (exact) mass is 1570 g/mol. The van der Waals surface area contributed by atoms with Crippen LogP contribution in [-0.4, -0.2) is 197 Å². The van der Waals surface area contributed by atoms with E-state index in [9.17, 15) is 62.6 Å². The largest absolute Gasteiger partial charge is 0.480 e. The maximum absolute atomic E-state index is 12.0. The summed E-state index contributed by atoms with van der Waals surface area (Å²) in [7, 11) is 8.94. The zero-order chi connectivity index (χ0) is 80.2. The third-order valence-corrected chi connectivity index (χ3v) is 17.6. The van der Waals surface area contributed by atoms with Crippen LogP contribution in [0.2, 0.25) is 0 Å². The molecule has 13 N–H and O–H groups in total. The van der Waals surface area contributed by atoms with Crippen molar-refractivity contribution in [1.82, 2.24) is 63.7 Å². The number of anilines is 2. The first-order chi connectivity index (χ1) is 51.6. The molecule has 0 bridgehead atoms. The van der Waals surface area contributed by atoms with E-state index in [4.69, 9.17) is 6.85 Å². The summed E-state index contributed by atoms with van der Waals surface area (Å²) >= 11 is 0. The highest BCUT2D eigenvalue weighted by Gasteiger charge is 2.21. The molecule has 2 heterocycles. The minimum atomic E-state index is -1.23. The molecule has 10 amide bonds. The number of hydrazone groups is 7. The molecule has 1 unspecified atom stereocenters. The van der Waals surface area contributed by atoms with E-state index in [-0.39, 0.29) is 101 Å². The van der Waals surface area contributed by atoms with Crippen LogP contribution in [0.3, 0.4) is 0 Å². The number of aliphatic carboxylic acids is 1. The molecule has 0 radical (unpaired) electrons. The minimum absolute atomic E-state index is 0. The summed E-state index contributed by atoms with van der Waals surface area (Å²) in [5.74, 6) is 0.703. The van der Waals surface area contributed by atoms with Gasteiger partial charge in [0.15, 0.2) is 6.26 Å². The Morgan fingerprint density at radius 1 is 0.515 bits per heavy atom. The van der Waals surface area contributed by atoms with Gasteiger partial charge in [-0.15, -0.1) is 0 Å². The SMILES string of the molecule is C.[3H]C(=O)/C=N/Nc1ccc(C(=O)NCCC)cn1.[3H]CC/C=N/Nc1ccc(C(=O)NCCSSCCC(=O)N/N=C/C)cn1.[3H]CCC(=O)N/N=C/C.[3H]CCCCC(=O)N/N=C/C(=O)NCCSSCC(=O)NC(CCC(=O)N/N=C/C)C(=O)O.[3H]CCCCC(=O)NCCSSCCC(=O)N/N=C/C. The Bertz CT molecular complexity index is 3070. The summed E-state index contributed by atoms with van der Waals surface area (Å²) in [6.07, 6.45) is 17.2. The Balaban J connectivity index is -0.000000653. The number of hydrogen-bond donors (Lipinski definition) is 13. The van der Waals surface area contributed by atoms with Gasteiger partial charge in [-0.3, -0.25) is 63.6 Å². The van der Waals surface area contributed by atoms with Crippen LogP contribution in [0.1, 0.15) is 181 Å². The molecule has 2 rings (SSSR count). The van der Waals surface area contributed by atoms with E-state index in [0.717, 1.165) is 49.0 Å². The topological polar surface area (TPSA) is 482 Å². The van der Waals surface area contributed by atoms with E-state index in [1.165, 1.54) is 58.8 Å². The number of pyridine rings is 2. The summed E-state index contributed by atoms with van der Waals surface area (Å²) in [4.78, 5) is 144. The molecule has 0 aliphatic rings. The molecule has 0 aliphatic carbocycles. The first kappa shape index (κ1) is 90.6. The molecule has 34 nitrogen and oxygen atoms in total. The summed E-state index contributed by atoms with van der Waals surface area (Å²) in [6, 6.07) is 5.32. The van der Waals surface area contributed by atoms with Crippen molar-refractivity contribution in [3.05, 3.63) is 47.8 Å². The van der Waals surface area contributed by atoms with Gasteiger partial charge in [-0.05, 0) is 84.1 Å². The van der Waals surface area contributed by atoms with Gasteiger partial charge in [0.05, 0.1) is 23.1 Å². The van der Waals surface area contributed by atoms with Gasteiger partial charge in [0, 0.05) is 142 Å². The summed E-state index contributed by atoms with van der Waals surface area (Å²) in [6.45, 7) is 11.9. The molecule has 103 heavy (non-hydrogen) atoms. The average Bonchev–Trinajstić information content (AvgIpc) is 0.904. The van der Waals surface area contributed by atoms with Crippen LogP contribution in [0.25, 0.3) is 0 Å². The van der Waals surface area contributed by atoms with Gasteiger partial charge in [0.25, 0.3) is 17.7 Å². The zero-order valence-electron chi connectivity index (χ0n) is 63.0. The average molecular weight is 1570 g/mol. The lowest BCUT2D eigenvalue weighted by Crippen LogP contribution is -2.42. The lowest BCUT2D eigenvalue weighted by atomic mass is 10.1. The van der Waals surface area contributed by atoms with E-state index >= 15 is 0 Å². The number of aldehydes is 1. The van der Waals surface area contributed by atoms with Crippen molar-refractivity contribution in [3.63, 3.8) is 0 Å². The smallest absolute Gasteiger partial charge is 0.326 e. The second-order valence-corrected chi connectivity index (χ2v) is 26.7. The van der Waals surface area contributed by atoms with Gasteiger partial charge in [-0.25, -0.2) is 41.9 Å². The quantitative estimate of drug-likeness (QED) is 0.0105. The van der Waals surface area contributed by atoms with Crippen molar-refractivity contribution in [3.8, 4) is 0 Å². The predicted molar refractivity (Wildman–Crippen MR) is 425 cm³/mol. The molecule has 0 aliphatic heterocycles. The van der Waals surface area contributed by atoms with E-state index in [1.54, 1.807) is 101 Å². The highest BCUT2D eigenvalue weighted by molar-refractivity contribution is 8.77. The minimum Gasteiger partial charge on any atom is -0.480 e. The maximum Gasteiger partial charge on any atom is 0.326 e. The number of rotatable bonds is 48. The standard InChI is InChI=1S/C18H30N6O6S2.C16H24N6O2S2.C12H23N3O2S2.C11H14N4O2.C5H10N2O.CH4/c1-3-5-6-14(25)24-21-11-16(27)19-9-10-31-32-12-17(28)22-13(18(29)30)7-8-15(26)23-20-4-2;1-3-8-20-21-14-6-5-13(12-18-14)16(24)17-9-11-26-25-10-7-15(23)22-19-4-2;1-3-5-6-11(16)13-8-10-19-18-9-7-12(17)15-14-4-2;1-2-5-12-11(17)9-3-4-10(13-8-9)15-14-6-7-16;1-3-5(8)7-6-4-2;/h4,11,13H,3,5-10,12H2,1-2H3,(H,19,27)(H,22,28)(H,23,26)(H,24,25)(H,29,30);4-6,8,12H,3,7,9-11H2,1-2H3,(H,17,24)(H,18,21)(H,22,23);4H,3,5-10H2,1-2H3,(H,13,16)(H,15,17);3-4,6-8H,2,5H2,1H3,(H,12,17)(H,13,15);4H,3H2,1-2H3,(H,7,8);1H4/b20-4+,21-11+;19-4+,20-8+;14-4+;14-6+;6-4+;/i3*1T;7T;1T;. The summed E-state index contributed by atoms with van der Waals surface area (Å²) in [5.41, 5.74) is 17.7. The molecule has 0 aromatic carbocycles. The molecule has 0 spiro atoms.